The van der Waals surface area contributed by atoms with E-state index >= 15 is 0 Å². The van der Waals surface area contributed by atoms with E-state index in [-0.39, 0.29) is 36.6 Å². The number of piperidine rings is 2. The number of hydrogen-bond acceptors (Lipinski definition) is 4. The second-order valence-corrected chi connectivity index (χ2v) is 11.0. The summed E-state index contributed by atoms with van der Waals surface area (Å²) in [4.78, 5) is 27.1. The van der Waals surface area contributed by atoms with Gasteiger partial charge in [-0.1, -0.05) is 12.8 Å². The Morgan fingerprint density at radius 1 is 0.971 bits per heavy atom. The molecule has 3 unspecified atom stereocenters. The number of hydrogen-bond donors (Lipinski definition) is 3. The fourth-order valence-electron chi connectivity index (χ4n) is 6.46. The van der Waals surface area contributed by atoms with Crippen LogP contribution in [-0.2, 0) is 9.59 Å². The molecule has 9 heteroatoms. The molecule has 6 nitrogen and oxygen atoms in total. The van der Waals surface area contributed by atoms with E-state index < -0.39 is 12.1 Å². The lowest BCUT2D eigenvalue weighted by molar-refractivity contribution is -0.185. The molecule has 2 amide bonds. The molecule has 34 heavy (non-hydrogen) atoms. The number of rotatable bonds is 7. The first-order valence-electron chi connectivity index (χ1n) is 13.4. The summed E-state index contributed by atoms with van der Waals surface area (Å²) in [6, 6.07) is 0.421. The third-order valence-corrected chi connectivity index (χ3v) is 8.68. The monoisotopic (exact) mass is 486 g/mol. The maximum Gasteiger partial charge on any atom is 0.391 e. The summed E-state index contributed by atoms with van der Waals surface area (Å²) < 4.78 is 38.6. The highest BCUT2D eigenvalue weighted by atomic mass is 19.4. The summed E-state index contributed by atoms with van der Waals surface area (Å²) >= 11 is 0. The van der Waals surface area contributed by atoms with Crippen LogP contribution in [0.2, 0.25) is 0 Å². The summed E-state index contributed by atoms with van der Waals surface area (Å²) in [7, 11) is 0. The SMILES string of the molecule is O=C(NCCCCC1CCN(C(=O)C2CCC(C(F)(F)F)CC2)CC1)C1CC2CNCCC2N1. The van der Waals surface area contributed by atoms with Gasteiger partial charge in [0.05, 0.1) is 12.0 Å². The first-order valence-corrected chi connectivity index (χ1v) is 13.4. The van der Waals surface area contributed by atoms with E-state index in [0.717, 1.165) is 71.1 Å². The van der Waals surface area contributed by atoms with Crippen LogP contribution in [0.3, 0.4) is 0 Å². The van der Waals surface area contributed by atoms with Crippen LogP contribution in [-0.4, -0.2) is 67.7 Å². The van der Waals surface area contributed by atoms with Gasteiger partial charge in [0.25, 0.3) is 0 Å². The van der Waals surface area contributed by atoms with E-state index in [0.29, 0.717) is 37.3 Å². The lowest BCUT2D eigenvalue weighted by atomic mass is 9.80. The average Bonchev–Trinajstić information content (AvgIpc) is 3.28. The Hall–Kier alpha value is -1.35. The molecule has 4 fully saturated rings. The quantitative estimate of drug-likeness (QED) is 0.483. The number of amides is 2. The fraction of sp³-hybridized carbons (Fsp3) is 0.920. The highest BCUT2D eigenvalue weighted by molar-refractivity contribution is 5.82. The number of unbranched alkanes of at least 4 members (excludes halogenated alkanes) is 1. The maximum absolute atomic E-state index is 12.9. The Kier molecular flexibility index (Phi) is 8.77. The van der Waals surface area contributed by atoms with Crippen molar-refractivity contribution in [2.75, 3.05) is 32.7 Å². The molecule has 3 heterocycles. The number of alkyl halides is 3. The molecule has 1 saturated carbocycles. The zero-order valence-electron chi connectivity index (χ0n) is 20.2. The van der Waals surface area contributed by atoms with Gasteiger partial charge in [-0.2, -0.15) is 13.2 Å². The van der Waals surface area contributed by atoms with E-state index in [2.05, 4.69) is 16.0 Å². The lowest BCUT2D eigenvalue weighted by Crippen LogP contribution is -2.45. The second-order valence-electron chi connectivity index (χ2n) is 11.0. The Labute approximate surface area is 201 Å². The predicted molar refractivity (Wildman–Crippen MR) is 124 cm³/mol. The largest absolute Gasteiger partial charge is 0.391 e. The molecule has 0 bridgehead atoms. The third-order valence-electron chi connectivity index (χ3n) is 8.68. The molecule has 0 aromatic heterocycles. The van der Waals surface area contributed by atoms with Gasteiger partial charge >= 0.3 is 6.18 Å². The molecule has 0 aromatic rings. The van der Waals surface area contributed by atoms with Gasteiger partial charge in [-0.3, -0.25) is 9.59 Å². The minimum Gasteiger partial charge on any atom is -0.355 e. The van der Waals surface area contributed by atoms with Crippen molar-refractivity contribution in [2.45, 2.75) is 88.9 Å². The van der Waals surface area contributed by atoms with E-state index in [1.807, 2.05) is 4.90 Å². The Morgan fingerprint density at radius 3 is 2.38 bits per heavy atom. The van der Waals surface area contributed by atoms with E-state index in [9.17, 15) is 22.8 Å². The van der Waals surface area contributed by atoms with Crippen molar-refractivity contribution in [3.05, 3.63) is 0 Å². The van der Waals surface area contributed by atoms with Crippen LogP contribution in [0.4, 0.5) is 13.2 Å². The molecule has 3 atom stereocenters. The van der Waals surface area contributed by atoms with Crippen LogP contribution < -0.4 is 16.0 Å². The zero-order chi connectivity index (χ0) is 24.1. The molecule has 0 aromatic carbocycles. The Morgan fingerprint density at radius 2 is 1.71 bits per heavy atom. The number of carbonyl (C=O) groups is 2. The third kappa shape index (κ3) is 6.65. The van der Waals surface area contributed by atoms with Crippen LogP contribution in [0.15, 0.2) is 0 Å². The summed E-state index contributed by atoms with van der Waals surface area (Å²) in [6.45, 7) is 4.19. The summed E-state index contributed by atoms with van der Waals surface area (Å²) in [6.07, 6.45) is 3.86. The topological polar surface area (TPSA) is 73.5 Å². The predicted octanol–water partition coefficient (Wildman–Crippen LogP) is 3.22. The van der Waals surface area contributed by atoms with Crippen molar-refractivity contribution in [1.29, 1.82) is 0 Å². The molecule has 0 spiro atoms. The van der Waals surface area contributed by atoms with Gasteiger partial charge in [0, 0.05) is 31.6 Å². The van der Waals surface area contributed by atoms with Gasteiger partial charge in [0.1, 0.15) is 0 Å². The summed E-state index contributed by atoms with van der Waals surface area (Å²) in [5.74, 6) is -0.107. The van der Waals surface area contributed by atoms with Crippen LogP contribution in [0.5, 0.6) is 0 Å². The number of nitrogens with zero attached hydrogens (tertiary/aromatic N) is 1. The van der Waals surface area contributed by atoms with Crippen LogP contribution in [0.25, 0.3) is 0 Å². The van der Waals surface area contributed by atoms with Crippen LogP contribution in [0.1, 0.15) is 70.6 Å². The van der Waals surface area contributed by atoms with Crippen molar-refractivity contribution in [1.82, 2.24) is 20.9 Å². The van der Waals surface area contributed by atoms with Gasteiger partial charge in [0.15, 0.2) is 0 Å². The van der Waals surface area contributed by atoms with Crippen molar-refractivity contribution < 1.29 is 22.8 Å². The molecule has 3 saturated heterocycles. The van der Waals surface area contributed by atoms with Gasteiger partial charge in [-0.25, -0.2) is 0 Å². The second kappa shape index (κ2) is 11.6. The molecule has 194 valence electrons. The van der Waals surface area contributed by atoms with Crippen molar-refractivity contribution in [3.63, 3.8) is 0 Å². The lowest BCUT2D eigenvalue weighted by Gasteiger charge is -2.36. The molecule has 4 aliphatic rings. The van der Waals surface area contributed by atoms with Gasteiger partial charge in [0.2, 0.25) is 11.8 Å². The Bertz CT molecular complexity index is 674. The molecule has 3 N–H and O–H groups in total. The molecule has 3 aliphatic heterocycles. The number of likely N-dealkylation sites (tertiary alicyclic amines) is 1. The summed E-state index contributed by atoms with van der Waals surface area (Å²) in [5, 5.41) is 10.0. The standard InChI is InChI=1S/C25H41F3N4O2/c26-25(27,28)20-6-4-18(5-7-20)24(34)32-13-9-17(10-14-32)3-1-2-11-30-23(33)22-15-19-16-29-12-8-21(19)31-22/h17-22,29,31H,1-16H2,(H,30,33). The highest BCUT2D eigenvalue weighted by Gasteiger charge is 2.43. The summed E-state index contributed by atoms with van der Waals surface area (Å²) in [5.41, 5.74) is 0. The van der Waals surface area contributed by atoms with E-state index in [1.165, 1.54) is 0 Å². The number of nitrogens with one attached hydrogen (secondary N) is 3. The number of halogens is 3. The number of fused-ring (bicyclic) bond motifs is 1. The normalized spacial score (nSPS) is 32.9. The zero-order valence-corrected chi connectivity index (χ0v) is 20.2. The van der Waals surface area contributed by atoms with Crippen LogP contribution >= 0.6 is 0 Å². The van der Waals surface area contributed by atoms with Gasteiger partial charge in [-0.15, -0.1) is 0 Å². The molecular weight excluding hydrogens is 445 g/mol. The maximum atomic E-state index is 12.9. The van der Waals surface area contributed by atoms with Crippen molar-refractivity contribution in [2.24, 2.45) is 23.7 Å². The van der Waals surface area contributed by atoms with Gasteiger partial charge < -0.3 is 20.9 Å². The Balaban J connectivity index is 1.05. The molecule has 0 radical (unpaired) electrons. The minimum atomic E-state index is -4.13. The minimum absolute atomic E-state index is 0.0553. The van der Waals surface area contributed by atoms with Crippen molar-refractivity contribution in [3.8, 4) is 0 Å². The first kappa shape index (κ1) is 25.7. The molecule has 1 aliphatic carbocycles. The van der Waals surface area contributed by atoms with E-state index in [1.54, 1.807) is 0 Å². The fourth-order valence-corrected chi connectivity index (χ4v) is 6.46. The highest BCUT2D eigenvalue weighted by Crippen LogP contribution is 2.40. The average molecular weight is 487 g/mol. The molecule has 4 rings (SSSR count). The molecular formula is C25H41F3N4O2. The van der Waals surface area contributed by atoms with E-state index in [4.69, 9.17) is 0 Å². The van der Waals surface area contributed by atoms with Crippen molar-refractivity contribution >= 4 is 11.8 Å². The first-order chi connectivity index (χ1) is 16.3. The number of carbonyl (C=O) groups excluding carboxylic acids is 2. The smallest absolute Gasteiger partial charge is 0.355 e. The van der Waals surface area contributed by atoms with Crippen LogP contribution in [0, 0.1) is 23.7 Å². The van der Waals surface area contributed by atoms with Gasteiger partial charge in [-0.05, 0) is 82.7 Å².